The molecular weight excluding hydrogens is 744 g/mol. The molecule has 7 rings (SSSR count). The number of rotatable bonds is 13. The number of hydrogen-bond acceptors (Lipinski definition) is 9. The maximum atomic E-state index is 13.4. The number of unbranched alkanes of at least 4 members (excludes halogenated alkanes) is 2. The van der Waals surface area contributed by atoms with Crippen LogP contribution in [0.5, 0.6) is 11.5 Å². The SMILES string of the molecule is CC1(C)C(NC(=O)c2ccc(N3CCN(CCCCCOc4ccc5c(c4)CN(C4CCC(=O)NC4=O)C5=O)CC3)cc2)C(C)(C)C1Oc1ccc(C#N)c(Cl)c1. The van der Waals surface area contributed by atoms with Gasteiger partial charge in [-0.25, -0.2) is 0 Å². The number of halogens is 1. The predicted octanol–water partition coefficient (Wildman–Crippen LogP) is 5.96. The molecule has 3 aromatic rings. The van der Waals surface area contributed by atoms with Gasteiger partial charge in [-0.05, 0) is 92.4 Å². The van der Waals surface area contributed by atoms with Crippen LogP contribution in [0.2, 0.25) is 5.02 Å². The number of anilines is 1. The molecule has 0 spiro atoms. The van der Waals surface area contributed by atoms with Gasteiger partial charge in [-0.3, -0.25) is 29.4 Å². The second kappa shape index (κ2) is 16.4. The maximum absolute atomic E-state index is 13.4. The zero-order chi connectivity index (χ0) is 40.5. The first kappa shape index (κ1) is 40.1. The third-order valence-corrected chi connectivity index (χ3v) is 12.5. The second-order valence-electron chi connectivity index (χ2n) is 16.8. The Balaban J connectivity index is 0.799. The molecule has 1 atom stereocenters. The minimum atomic E-state index is -0.623. The minimum absolute atomic E-state index is 0.107. The van der Waals surface area contributed by atoms with Gasteiger partial charge in [0.25, 0.3) is 11.8 Å². The van der Waals surface area contributed by atoms with Crippen LogP contribution in [0.25, 0.3) is 0 Å². The zero-order valence-electron chi connectivity index (χ0n) is 33.1. The molecular formula is C44H51ClN6O6. The van der Waals surface area contributed by atoms with Crippen molar-refractivity contribution < 1.29 is 28.7 Å². The fourth-order valence-corrected chi connectivity index (χ4v) is 9.52. The van der Waals surface area contributed by atoms with E-state index in [1.54, 1.807) is 29.2 Å². The van der Waals surface area contributed by atoms with Crippen LogP contribution in [0.1, 0.15) is 91.6 Å². The van der Waals surface area contributed by atoms with Crippen LogP contribution in [-0.2, 0) is 16.1 Å². The highest BCUT2D eigenvalue weighted by molar-refractivity contribution is 6.31. The molecule has 12 nitrogen and oxygen atoms in total. The lowest BCUT2D eigenvalue weighted by molar-refractivity contribution is -0.164. The predicted molar refractivity (Wildman–Crippen MR) is 216 cm³/mol. The van der Waals surface area contributed by atoms with Crippen molar-refractivity contribution in [2.45, 2.75) is 84.5 Å². The van der Waals surface area contributed by atoms with E-state index in [4.69, 9.17) is 21.1 Å². The molecule has 4 aliphatic rings. The number of imide groups is 1. The van der Waals surface area contributed by atoms with E-state index in [1.165, 1.54) is 0 Å². The standard InChI is InChI=1S/C44H51ClN6O6/c1-43(2)41(44(3,4)42(43)57-33-13-10-29(26-46)35(45)25-33)48-38(53)28-8-11-31(12-9-28)50-21-19-49(20-22-50)18-6-5-7-23-56-32-14-15-34-30(24-32)27-51(40(34)55)36-16-17-37(52)47-39(36)54/h8-15,24-25,36,41-42H,5-7,16-23,27H2,1-4H3,(H,48,53)(H,47,52,54). The largest absolute Gasteiger partial charge is 0.494 e. The molecule has 13 heteroatoms. The van der Waals surface area contributed by atoms with Gasteiger partial charge in [0.1, 0.15) is 29.7 Å². The van der Waals surface area contributed by atoms with Gasteiger partial charge >= 0.3 is 0 Å². The fourth-order valence-electron chi connectivity index (χ4n) is 9.31. The first-order valence-electron chi connectivity index (χ1n) is 19.9. The number of nitrogens with one attached hydrogen (secondary N) is 2. The number of nitrogens with zero attached hydrogens (tertiary/aromatic N) is 4. The highest BCUT2D eigenvalue weighted by Gasteiger charge is 2.64. The molecule has 3 fully saturated rings. The summed E-state index contributed by atoms with van der Waals surface area (Å²) in [6.45, 7) is 14.2. The van der Waals surface area contributed by atoms with Gasteiger partial charge in [-0.15, -0.1) is 0 Å². The highest BCUT2D eigenvalue weighted by Crippen LogP contribution is 2.55. The molecule has 2 saturated heterocycles. The molecule has 2 N–H and O–H groups in total. The molecule has 0 aromatic heterocycles. The van der Waals surface area contributed by atoms with Crippen LogP contribution in [0.3, 0.4) is 0 Å². The third-order valence-electron chi connectivity index (χ3n) is 12.2. The maximum Gasteiger partial charge on any atom is 0.255 e. The smallest absolute Gasteiger partial charge is 0.255 e. The van der Waals surface area contributed by atoms with Gasteiger partial charge in [0.15, 0.2) is 0 Å². The van der Waals surface area contributed by atoms with Crippen molar-refractivity contribution in [1.82, 2.24) is 20.4 Å². The first-order chi connectivity index (χ1) is 27.3. The summed E-state index contributed by atoms with van der Waals surface area (Å²) in [5.74, 6) is 0.328. The van der Waals surface area contributed by atoms with E-state index in [0.29, 0.717) is 47.0 Å². The molecule has 3 heterocycles. The van der Waals surface area contributed by atoms with Crippen LogP contribution in [0, 0.1) is 22.2 Å². The fraction of sp³-hybridized carbons (Fsp3) is 0.477. The second-order valence-corrected chi connectivity index (χ2v) is 17.2. The third kappa shape index (κ3) is 8.32. The molecule has 0 radical (unpaired) electrons. The average molecular weight is 795 g/mol. The molecule has 1 unspecified atom stereocenters. The summed E-state index contributed by atoms with van der Waals surface area (Å²) in [4.78, 5) is 56.7. The van der Waals surface area contributed by atoms with Crippen molar-refractivity contribution in [2.24, 2.45) is 10.8 Å². The normalized spacial score (nSPS) is 22.6. The number of benzene rings is 3. The van der Waals surface area contributed by atoms with Crippen molar-refractivity contribution >= 4 is 40.9 Å². The van der Waals surface area contributed by atoms with Crippen molar-refractivity contribution in [3.05, 3.63) is 87.9 Å². The number of piperazine rings is 1. The number of ether oxygens (including phenoxy) is 2. The molecule has 0 bridgehead atoms. The van der Waals surface area contributed by atoms with Gasteiger partial charge in [0, 0.05) is 78.9 Å². The quantitative estimate of drug-likeness (QED) is 0.158. The number of piperidine rings is 1. The molecule has 3 aliphatic heterocycles. The lowest BCUT2D eigenvalue weighted by atomic mass is 9.49. The van der Waals surface area contributed by atoms with Crippen molar-refractivity contribution in [3.8, 4) is 17.6 Å². The lowest BCUT2D eigenvalue weighted by Gasteiger charge is -2.63. The Kier molecular flexibility index (Phi) is 11.5. The van der Waals surface area contributed by atoms with Crippen LogP contribution < -0.4 is 25.0 Å². The molecule has 3 aromatic carbocycles. The summed E-state index contributed by atoms with van der Waals surface area (Å²) < 4.78 is 12.4. The summed E-state index contributed by atoms with van der Waals surface area (Å²) in [5.41, 5.74) is 2.88. The number of carbonyl (C=O) groups excluding carboxylic acids is 4. The average Bonchev–Trinajstić information content (AvgIpc) is 3.52. The van der Waals surface area contributed by atoms with E-state index >= 15 is 0 Å². The number of nitriles is 1. The molecule has 300 valence electrons. The molecule has 1 saturated carbocycles. The van der Waals surface area contributed by atoms with Crippen LogP contribution in [-0.4, -0.2) is 90.9 Å². The summed E-state index contributed by atoms with van der Waals surface area (Å²) in [6.07, 6.45) is 3.46. The van der Waals surface area contributed by atoms with Crippen LogP contribution in [0.4, 0.5) is 5.69 Å². The van der Waals surface area contributed by atoms with E-state index in [-0.39, 0.29) is 47.1 Å². The monoisotopic (exact) mass is 794 g/mol. The molecule has 4 amide bonds. The number of amides is 4. The Morgan fingerprint density at radius 2 is 1.65 bits per heavy atom. The van der Waals surface area contributed by atoms with E-state index in [2.05, 4.69) is 54.2 Å². The van der Waals surface area contributed by atoms with E-state index in [0.717, 1.165) is 69.0 Å². The zero-order valence-corrected chi connectivity index (χ0v) is 33.9. The first-order valence-corrected chi connectivity index (χ1v) is 20.3. The van der Waals surface area contributed by atoms with Crippen molar-refractivity contribution in [2.75, 3.05) is 44.2 Å². The number of carbonyl (C=O) groups is 4. The summed E-state index contributed by atoms with van der Waals surface area (Å²) in [6, 6.07) is 19.8. The Morgan fingerprint density at radius 1 is 0.930 bits per heavy atom. The van der Waals surface area contributed by atoms with Crippen LogP contribution in [0.15, 0.2) is 60.7 Å². The van der Waals surface area contributed by atoms with E-state index in [9.17, 15) is 24.4 Å². The summed E-state index contributed by atoms with van der Waals surface area (Å²) >= 11 is 6.24. The molecule has 1 aliphatic carbocycles. The topological polar surface area (TPSA) is 144 Å². The highest BCUT2D eigenvalue weighted by atomic mass is 35.5. The van der Waals surface area contributed by atoms with Gasteiger partial charge in [-0.2, -0.15) is 5.26 Å². The summed E-state index contributed by atoms with van der Waals surface area (Å²) in [5, 5.41) is 15.2. The minimum Gasteiger partial charge on any atom is -0.494 e. The molecule has 57 heavy (non-hydrogen) atoms. The number of fused-ring (bicyclic) bond motifs is 1. The lowest BCUT2D eigenvalue weighted by Crippen LogP contribution is -2.74. The Morgan fingerprint density at radius 3 is 2.33 bits per heavy atom. The van der Waals surface area contributed by atoms with E-state index < -0.39 is 11.9 Å². The Bertz CT molecular complexity index is 2060. The van der Waals surface area contributed by atoms with Gasteiger partial charge in [0.05, 0.1) is 17.2 Å². The van der Waals surface area contributed by atoms with E-state index in [1.807, 2.05) is 36.4 Å². The summed E-state index contributed by atoms with van der Waals surface area (Å²) in [7, 11) is 0. The van der Waals surface area contributed by atoms with Gasteiger partial charge in [-0.1, -0.05) is 39.3 Å². The number of hydrogen-bond donors (Lipinski definition) is 2. The van der Waals surface area contributed by atoms with Gasteiger partial charge < -0.3 is 24.6 Å². The van der Waals surface area contributed by atoms with Gasteiger partial charge in [0.2, 0.25) is 11.8 Å². The Hall–Kier alpha value is -5.12. The van der Waals surface area contributed by atoms with Crippen molar-refractivity contribution in [1.29, 1.82) is 5.26 Å². The Labute approximate surface area is 339 Å². The van der Waals surface area contributed by atoms with Crippen LogP contribution >= 0.6 is 11.6 Å². The van der Waals surface area contributed by atoms with Crippen molar-refractivity contribution in [3.63, 3.8) is 0 Å².